The Morgan fingerprint density at radius 2 is 2.31 bits per heavy atom. The molecule has 1 aliphatic rings. The van der Waals surface area contributed by atoms with E-state index in [4.69, 9.17) is 5.26 Å². The van der Waals surface area contributed by atoms with Gasteiger partial charge in [-0.1, -0.05) is 12.1 Å². The molecule has 1 aliphatic heterocycles. The highest BCUT2D eigenvalue weighted by Gasteiger charge is 2.24. The van der Waals surface area contributed by atoms with Gasteiger partial charge in [0.1, 0.15) is 0 Å². The minimum absolute atomic E-state index is 0.109. The van der Waals surface area contributed by atoms with Crippen molar-refractivity contribution in [1.29, 1.82) is 5.26 Å². The summed E-state index contributed by atoms with van der Waals surface area (Å²) < 4.78 is 11.6. The Morgan fingerprint density at radius 1 is 1.50 bits per heavy atom. The maximum absolute atomic E-state index is 11.6. The lowest BCUT2D eigenvalue weighted by Crippen LogP contribution is -2.43. The molecule has 0 aliphatic carbocycles. The molecule has 4 heteroatoms. The topological polar surface area (TPSA) is 52.9 Å². The maximum atomic E-state index is 11.6. The van der Waals surface area contributed by atoms with E-state index in [-0.39, 0.29) is 12.1 Å². The lowest BCUT2D eigenvalue weighted by Gasteiger charge is -2.28. The van der Waals surface area contributed by atoms with Crippen molar-refractivity contribution in [3.05, 3.63) is 35.4 Å². The van der Waals surface area contributed by atoms with Crippen molar-refractivity contribution < 1.29 is 4.21 Å². The van der Waals surface area contributed by atoms with Gasteiger partial charge in [-0.3, -0.25) is 4.21 Å². The van der Waals surface area contributed by atoms with Crippen LogP contribution in [0, 0.1) is 11.3 Å². The Hall–Kier alpha value is -1.18. The number of benzene rings is 1. The zero-order chi connectivity index (χ0) is 11.5. The van der Waals surface area contributed by atoms with Gasteiger partial charge in [-0.05, 0) is 24.6 Å². The molecule has 0 aromatic heterocycles. The molecule has 1 fully saturated rings. The first kappa shape index (κ1) is 11.3. The monoisotopic (exact) mass is 234 g/mol. The number of nitriles is 1. The van der Waals surface area contributed by atoms with Gasteiger partial charge < -0.3 is 5.32 Å². The maximum Gasteiger partial charge on any atom is 0.0991 e. The summed E-state index contributed by atoms with van der Waals surface area (Å²) in [5.74, 6) is 1.35. The van der Waals surface area contributed by atoms with Gasteiger partial charge in [-0.2, -0.15) is 5.26 Å². The van der Waals surface area contributed by atoms with Crippen LogP contribution in [-0.4, -0.2) is 21.8 Å². The molecule has 0 saturated carbocycles. The number of hydrogen-bond donors (Lipinski definition) is 1. The SMILES string of the molecule is CC1CS(=O)CC(c2cccc(C#N)c2)N1. The second kappa shape index (κ2) is 4.77. The van der Waals surface area contributed by atoms with E-state index in [2.05, 4.69) is 11.4 Å². The molecule has 1 aromatic rings. The van der Waals surface area contributed by atoms with Crippen LogP contribution in [0.5, 0.6) is 0 Å². The zero-order valence-electron chi connectivity index (χ0n) is 9.14. The molecule has 3 nitrogen and oxygen atoms in total. The number of hydrogen-bond acceptors (Lipinski definition) is 3. The van der Waals surface area contributed by atoms with Gasteiger partial charge in [0, 0.05) is 34.4 Å². The Kier molecular flexibility index (Phi) is 3.37. The van der Waals surface area contributed by atoms with Crippen LogP contribution in [0.25, 0.3) is 0 Å². The van der Waals surface area contributed by atoms with Gasteiger partial charge in [0.25, 0.3) is 0 Å². The van der Waals surface area contributed by atoms with Crippen molar-refractivity contribution in [2.75, 3.05) is 11.5 Å². The fraction of sp³-hybridized carbons (Fsp3) is 0.417. The molecular weight excluding hydrogens is 220 g/mol. The van der Waals surface area contributed by atoms with Gasteiger partial charge in [0.15, 0.2) is 0 Å². The van der Waals surface area contributed by atoms with Gasteiger partial charge in [-0.15, -0.1) is 0 Å². The molecule has 0 amide bonds. The molecule has 0 radical (unpaired) electrons. The summed E-state index contributed by atoms with van der Waals surface area (Å²) in [5, 5.41) is 12.2. The normalized spacial score (nSPS) is 29.6. The van der Waals surface area contributed by atoms with E-state index in [1.807, 2.05) is 25.1 Å². The van der Waals surface area contributed by atoms with Crippen LogP contribution in [0.2, 0.25) is 0 Å². The van der Waals surface area contributed by atoms with Crippen molar-refractivity contribution in [3.8, 4) is 6.07 Å². The Balaban J connectivity index is 2.23. The van der Waals surface area contributed by atoms with Gasteiger partial charge in [0.2, 0.25) is 0 Å². The zero-order valence-corrected chi connectivity index (χ0v) is 9.96. The van der Waals surface area contributed by atoms with Crippen molar-refractivity contribution in [2.45, 2.75) is 19.0 Å². The van der Waals surface area contributed by atoms with E-state index in [0.29, 0.717) is 17.1 Å². The first-order chi connectivity index (χ1) is 7.69. The van der Waals surface area contributed by atoms with Crippen molar-refractivity contribution in [2.24, 2.45) is 0 Å². The van der Waals surface area contributed by atoms with Crippen LogP contribution in [0.3, 0.4) is 0 Å². The summed E-state index contributed by atoms with van der Waals surface area (Å²) in [5.41, 5.74) is 1.71. The van der Waals surface area contributed by atoms with E-state index in [0.717, 1.165) is 5.56 Å². The van der Waals surface area contributed by atoms with E-state index in [1.54, 1.807) is 6.07 Å². The minimum Gasteiger partial charge on any atom is -0.306 e. The number of rotatable bonds is 1. The van der Waals surface area contributed by atoms with Crippen LogP contribution in [0.4, 0.5) is 0 Å². The first-order valence-corrected chi connectivity index (χ1v) is 6.79. The molecule has 2 rings (SSSR count). The standard InChI is InChI=1S/C12H14N2OS/c1-9-7-16(15)8-12(14-9)11-4-2-3-10(5-11)6-13/h2-5,9,12,14H,7-8H2,1H3. The highest BCUT2D eigenvalue weighted by molar-refractivity contribution is 7.85. The van der Waals surface area contributed by atoms with E-state index in [9.17, 15) is 4.21 Å². The van der Waals surface area contributed by atoms with Crippen molar-refractivity contribution in [3.63, 3.8) is 0 Å². The third kappa shape index (κ3) is 2.49. The van der Waals surface area contributed by atoms with Crippen LogP contribution in [-0.2, 0) is 10.8 Å². The fourth-order valence-corrected chi connectivity index (χ4v) is 3.44. The molecule has 84 valence electrons. The summed E-state index contributed by atoms with van der Waals surface area (Å²) in [4.78, 5) is 0. The molecule has 0 spiro atoms. The molecule has 1 saturated heterocycles. The molecule has 3 unspecified atom stereocenters. The Labute approximate surface area is 97.9 Å². The van der Waals surface area contributed by atoms with Crippen LogP contribution >= 0.6 is 0 Å². The predicted molar refractivity (Wildman–Crippen MR) is 64.4 cm³/mol. The smallest absolute Gasteiger partial charge is 0.0991 e. The summed E-state index contributed by atoms with van der Waals surface area (Å²) in [6, 6.07) is 10.0. The second-order valence-corrected chi connectivity index (χ2v) is 5.68. The van der Waals surface area contributed by atoms with E-state index >= 15 is 0 Å². The summed E-state index contributed by atoms with van der Waals surface area (Å²) in [7, 11) is -0.755. The molecule has 1 heterocycles. The number of nitrogens with zero attached hydrogens (tertiary/aromatic N) is 1. The van der Waals surface area contributed by atoms with E-state index < -0.39 is 10.8 Å². The van der Waals surface area contributed by atoms with Crippen LogP contribution in [0.1, 0.15) is 24.1 Å². The lowest BCUT2D eigenvalue weighted by atomic mass is 10.0. The quantitative estimate of drug-likeness (QED) is 0.797. The van der Waals surface area contributed by atoms with Crippen LogP contribution in [0.15, 0.2) is 24.3 Å². The molecule has 3 atom stereocenters. The average Bonchev–Trinajstić information content (AvgIpc) is 2.28. The van der Waals surface area contributed by atoms with Crippen molar-refractivity contribution >= 4 is 10.8 Å². The second-order valence-electron chi connectivity index (χ2n) is 4.13. The third-order valence-electron chi connectivity index (χ3n) is 2.69. The summed E-state index contributed by atoms with van der Waals surface area (Å²) in [6.07, 6.45) is 0. The highest BCUT2D eigenvalue weighted by Crippen LogP contribution is 2.20. The predicted octanol–water partition coefficient (Wildman–Crippen LogP) is 1.34. The van der Waals surface area contributed by atoms with E-state index in [1.165, 1.54) is 0 Å². The molecule has 1 N–H and O–H groups in total. The van der Waals surface area contributed by atoms with Gasteiger partial charge in [0.05, 0.1) is 11.6 Å². The van der Waals surface area contributed by atoms with Crippen molar-refractivity contribution in [1.82, 2.24) is 5.32 Å². The largest absolute Gasteiger partial charge is 0.306 e. The minimum atomic E-state index is -0.755. The summed E-state index contributed by atoms with van der Waals surface area (Å²) in [6.45, 7) is 2.04. The molecule has 1 aromatic carbocycles. The fourth-order valence-electron chi connectivity index (χ4n) is 1.99. The van der Waals surface area contributed by atoms with Gasteiger partial charge in [-0.25, -0.2) is 0 Å². The molecule has 16 heavy (non-hydrogen) atoms. The summed E-state index contributed by atoms with van der Waals surface area (Å²) >= 11 is 0. The highest BCUT2D eigenvalue weighted by atomic mass is 32.2. The number of nitrogens with one attached hydrogen (secondary N) is 1. The van der Waals surface area contributed by atoms with Crippen LogP contribution < -0.4 is 5.32 Å². The van der Waals surface area contributed by atoms with Gasteiger partial charge >= 0.3 is 0 Å². The lowest BCUT2D eigenvalue weighted by molar-refractivity contribution is 0.489. The molecule has 0 bridgehead atoms. The Morgan fingerprint density at radius 3 is 3.00 bits per heavy atom. The first-order valence-electron chi connectivity index (χ1n) is 5.30. The third-order valence-corrected chi connectivity index (χ3v) is 4.27. The molecular formula is C12H14N2OS. The average molecular weight is 234 g/mol. The Bertz CT molecular complexity index is 453.